The molecule has 0 saturated carbocycles. The number of hydrogen-bond acceptors (Lipinski definition) is 11. The average molecular weight is 544 g/mol. The number of nitrogen functional groups attached to an aromatic ring is 1. The zero-order chi connectivity index (χ0) is 26.3. The summed E-state index contributed by atoms with van der Waals surface area (Å²) in [4.78, 5) is 58.1. The summed E-state index contributed by atoms with van der Waals surface area (Å²) in [7, 11) is 0. The molecule has 2 saturated heterocycles. The van der Waals surface area contributed by atoms with Crippen LogP contribution in [0.3, 0.4) is 0 Å². The number of carboxylic acid groups (broad SMARTS) is 1. The molecule has 2 amide bonds. The monoisotopic (exact) mass is 543 g/mol. The van der Waals surface area contributed by atoms with Crippen LogP contribution >= 0.6 is 23.1 Å². The number of thioether (sulfide) groups is 1. The maximum atomic E-state index is 13.2. The third-order valence-electron chi connectivity index (χ3n) is 6.20. The number of nitrogens with zero attached hydrogens (tertiary/aromatic N) is 3. The highest BCUT2D eigenvalue weighted by Gasteiger charge is 2.55. The Kier molecular flexibility index (Phi) is 6.57. The minimum atomic E-state index is -1.29. The summed E-state index contributed by atoms with van der Waals surface area (Å²) in [5.74, 6) is -2.52. The molecule has 2 aromatic rings. The van der Waals surface area contributed by atoms with Crippen LogP contribution in [0.2, 0.25) is 0 Å². The fourth-order valence-corrected chi connectivity index (χ4v) is 6.50. The Bertz CT molecular complexity index is 1450. The van der Waals surface area contributed by atoms with Crippen LogP contribution < -0.4 is 21.9 Å². The van der Waals surface area contributed by atoms with Crippen molar-refractivity contribution in [1.29, 1.82) is 0 Å². The molecule has 5 rings (SSSR count). The molecular formula is C22H21N7O6S2. The number of hydrogen-bond donors (Lipinski definition) is 6. The lowest BCUT2D eigenvalue weighted by Gasteiger charge is -2.49. The number of pyridine rings is 1. The first-order valence-corrected chi connectivity index (χ1v) is 13.0. The molecule has 0 spiro atoms. The van der Waals surface area contributed by atoms with Crippen LogP contribution in [-0.2, 0) is 14.4 Å². The number of nitrogens with one attached hydrogen (secondary N) is 3. The quantitative estimate of drug-likeness (QED) is 0.122. The van der Waals surface area contributed by atoms with Gasteiger partial charge in [0, 0.05) is 35.5 Å². The van der Waals surface area contributed by atoms with Crippen LogP contribution in [0.4, 0.5) is 5.13 Å². The minimum absolute atomic E-state index is 0.0510. The number of carbonyl (C=O) groups is 3. The molecule has 37 heavy (non-hydrogen) atoms. The van der Waals surface area contributed by atoms with E-state index in [1.165, 1.54) is 29.4 Å². The summed E-state index contributed by atoms with van der Waals surface area (Å²) >= 11 is 2.35. The molecule has 13 nitrogen and oxygen atoms in total. The first-order valence-electron chi connectivity index (χ1n) is 11.1. The first kappa shape index (κ1) is 24.7. The van der Waals surface area contributed by atoms with Crippen molar-refractivity contribution in [3.05, 3.63) is 62.2 Å². The SMILES string of the molecule is Nc1nc(/C(=N/O)C(=O)N[C@@H]2C(=O)N3C(C(=O)O)=C(/C(=C4\CCNC4)c4cc[nH]c(=O)c4)CS[C@H]23)cs1. The molecule has 3 aliphatic rings. The van der Waals surface area contributed by atoms with E-state index < -0.39 is 34.9 Å². The van der Waals surface area contributed by atoms with Gasteiger partial charge in [0.2, 0.25) is 5.56 Å². The molecule has 0 aliphatic carbocycles. The lowest BCUT2D eigenvalue weighted by molar-refractivity contribution is -0.150. The number of allylic oxidation sites excluding steroid dienone is 1. The molecule has 2 fully saturated rings. The number of fused-ring (bicyclic) bond motifs is 1. The number of aromatic amines is 1. The van der Waals surface area contributed by atoms with Gasteiger partial charge >= 0.3 is 5.97 Å². The van der Waals surface area contributed by atoms with Crippen LogP contribution in [0, 0.1) is 0 Å². The summed E-state index contributed by atoms with van der Waals surface area (Å²) in [6.07, 6.45) is 2.17. The van der Waals surface area contributed by atoms with E-state index in [0.29, 0.717) is 36.2 Å². The molecule has 2 aromatic heterocycles. The third kappa shape index (κ3) is 4.41. The maximum absolute atomic E-state index is 13.2. The predicted molar refractivity (Wildman–Crippen MR) is 136 cm³/mol. The van der Waals surface area contributed by atoms with Gasteiger partial charge in [-0.3, -0.25) is 19.3 Å². The number of H-pyrrole nitrogens is 1. The zero-order valence-corrected chi connectivity index (χ0v) is 20.7. The largest absolute Gasteiger partial charge is 0.477 e. The number of oxime groups is 1. The van der Waals surface area contributed by atoms with E-state index in [0.717, 1.165) is 21.8 Å². The van der Waals surface area contributed by atoms with Crippen molar-refractivity contribution in [2.75, 3.05) is 24.6 Å². The van der Waals surface area contributed by atoms with E-state index in [2.05, 4.69) is 25.8 Å². The van der Waals surface area contributed by atoms with E-state index in [1.807, 2.05) is 0 Å². The highest BCUT2D eigenvalue weighted by Crippen LogP contribution is 2.45. The van der Waals surface area contributed by atoms with Crippen molar-refractivity contribution in [1.82, 2.24) is 25.5 Å². The van der Waals surface area contributed by atoms with Gasteiger partial charge in [0.25, 0.3) is 11.8 Å². The molecule has 3 aliphatic heterocycles. The molecule has 0 bridgehead atoms. The number of rotatable bonds is 6. The molecule has 0 unspecified atom stereocenters. The number of carbonyl (C=O) groups excluding carboxylic acids is 2. The van der Waals surface area contributed by atoms with Gasteiger partial charge in [0.15, 0.2) is 10.8 Å². The van der Waals surface area contributed by atoms with Crippen molar-refractivity contribution in [3.8, 4) is 0 Å². The molecule has 0 radical (unpaired) electrons. The Morgan fingerprint density at radius 1 is 1.32 bits per heavy atom. The van der Waals surface area contributed by atoms with Gasteiger partial charge in [-0.1, -0.05) is 5.16 Å². The average Bonchev–Trinajstić information content (AvgIpc) is 3.55. The summed E-state index contributed by atoms with van der Waals surface area (Å²) in [6.45, 7) is 1.24. The van der Waals surface area contributed by atoms with Gasteiger partial charge in [-0.05, 0) is 35.7 Å². The fourth-order valence-electron chi connectivity index (χ4n) is 4.60. The van der Waals surface area contributed by atoms with Crippen molar-refractivity contribution >= 4 is 57.3 Å². The molecule has 192 valence electrons. The van der Waals surface area contributed by atoms with Gasteiger partial charge in [-0.25, -0.2) is 9.78 Å². The van der Waals surface area contributed by atoms with Gasteiger partial charge in [0.1, 0.15) is 22.8 Å². The van der Waals surface area contributed by atoms with E-state index in [4.69, 9.17) is 5.73 Å². The van der Waals surface area contributed by atoms with Crippen LogP contribution in [0.1, 0.15) is 17.7 Å². The minimum Gasteiger partial charge on any atom is -0.477 e. The maximum Gasteiger partial charge on any atom is 0.352 e. The highest BCUT2D eigenvalue weighted by molar-refractivity contribution is 8.00. The van der Waals surface area contributed by atoms with Gasteiger partial charge in [-0.2, -0.15) is 0 Å². The number of aliphatic carboxylic acids is 1. The fraction of sp³-hybridized carbons (Fsp3) is 0.273. The number of amides is 2. The number of thiazole rings is 1. The molecular weight excluding hydrogens is 522 g/mol. The summed E-state index contributed by atoms with van der Waals surface area (Å²) in [6, 6.07) is 2.07. The lowest BCUT2D eigenvalue weighted by atomic mass is 9.90. The molecule has 0 aromatic carbocycles. The number of nitrogens with two attached hydrogens (primary N) is 1. The van der Waals surface area contributed by atoms with Crippen LogP contribution in [0.15, 0.2) is 50.5 Å². The number of β-lactam (4-membered cyclic amide) rings is 1. The second kappa shape index (κ2) is 9.84. The second-order valence-electron chi connectivity index (χ2n) is 8.36. The Labute approximate surface area is 217 Å². The van der Waals surface area contributed by atoms with E-state index in [-0.39, 0.29) is 27.8 Å². The van der Waals surface area contributed by atoms with Crippen LogP contribution in [-0.4, -0.2) is 78.9 Å². The summed E-state index contributed by atoms with van der Waals surface area (Å²) in [5, 5.41) is 29.2. The van der Waals surface area contributed by atoms with Gasteiger partial charge < -0.3 is 31.7 Å². The van der Waals surface area contributed by atoms with Crippen molar-refractivity contribution < 1.29 is 24.7 Å². The smallest absolute Gasteiger partial charge is 0.352 e. The Hall–Kier alpha value is -3.95. The Balaban J connectivity index is 1.47. The number of aromatic nitrogens is 2. The van der Waals surface area contributed by atoms with Gasteiger partial charge in [-0.15, -0.1) is 23.1 Å². The number of carboxylic acids is 1. The normalized spacial score (nSPS) is 23.0. The van der Waals surface area contributed by atoms with E-state index >= 15 is 0 Å². The topological polar surface area (TPSA) is 203 Å². The van der Waals surface area contributed by atoms with E-state index in [1.54, 1.807) is 6.07 Å². The standard InChI is InChI=1S/C22H21N7O6S2/c23-22-26-12(8-37-22)15(28-35)18(31)27-16-19(32)29-17(21(33)34)11(7-36-20(16)29)14(10-1-3-24-6-10)9-2-4-25-13(30)5-9/h2,4-5,8,16,20,24,35H,1,3,6-7H2,(H2,23,26)(H,25,30)(H,27,31)(H,33,34)/b14-10+,28-15-/t16-,20-/m1/s1. The van der Waals surface area contributed by atoms with Crippen molar-refractivity contribution in [3.63, 3.8) is 0 Å². The number of anilines is 1. The molecule has 2 atom stereocenters. The van der Waals surface area contributed by atoms with Crippen molar-refractivity contribution in [2.24, 2.45) is 5.16 Å². The van der Waals surface area contributed by atoms with Crippen molar-refractivity contribution in [2.45, 2.75) is 17.8 Å². The van der Waals surface area contributed by atoms with Gasteiger partial charge in [0.05, 0.1) is 0 Å². The summed E-state index contributed by atoms with van der Waals surface area (Å²) in [5.41, 5.74) is 7.30. The Morgan fingerprint density at radius 3 is 2.76 bits per heavy atom. The lowest BCUT2D eigenvalue weighted by Crippen LogP contribution is -2.71. The predicted octanol–water partition coefficient (Wildman–Crippen LogP) is -0.222. The molecule has 15 heteroatoms. The van der Waals surface area contributed by atoms with Crippen LogP contribution in [0.5, 0.6) is 0 Å². The highest BCUT2D eigenvalue weighted by atomic mass is 32.2. The molecule has 7 N–H and O–H groups in total. The Morgan fingerprint density at radius 2 is 2.14 bits per heavy atom. The van der Waals surface area contributed by atoms with Crippen LogP contribution in [0.25, 0.3) is 5.57 Å². The third-order valence-corrected chi connectivity index (χ3v) is 8.15. The van der Waals surface area contributed by atoms with E-state index in [9.17, 15) is 29.5 Å². The molecule has 5 heterocycles. The zero-order valence-electron chi connectivity index (χ0n) is 19.1. The first-order chi connectivity index (χ1) is 17.8. The second-order valence-corrected chi connectivity index (χ2v) is 10.4. The summed E-state index contributed by atoms with van der Waals surface area (Å²) < 4.78 is 0.